The van der Waals surface area contributed by atoms with Crippen LogP contribution in [0.1, 0.15) is 19.4 Å². The molecule has 0 saturated heterocycles. The third-order valence-electron chi connectivity index (χ3n) is 1.84. The van der Waals surface area contributed by atoms with Gasteiger partial charge in [-0.25, -0.2) is 0 Å². The molecule has 2 nitrogen and oxygen atoms in total. The molecule has 1 radical (unpaired) electrons. The van der Waals surface area contributed by atoms with E-state index < -0.39 is 9.28 Å². The van der Waals surface area contributed by atoms with E-state index in [9.17, 15) is 0 Å². The highest BCUT2D eigenvalue weighted by Crippen LogP contribution is 1.97. The van der Waals surface area contributed by atoms with Crippen LogP contribution in [0.3, 0.4) is 0 Å². The molecule has 0 saturated carbocycles. The average molecular weight is 209 g/mol. The van der Waals surface area contributed by atoms with Gasteiger partial charge in [0.1, 0.15) is 0 Å². The lowest BCUT2D eigenvalue weighted by Crippen LogP contribution is -2.36. The van der Waals surface area contributed by atoms with E-state index in [0.29, 0.717) is 13.2 Å². The van der Waals surface area contributed by atoms with E-state index in [1.165, 1.54) is 10.8 Å². The van der Waals surface area contributed by atoms with Crippen LogP contribution < -0.4 is 5.19 Å². The molecular weight excluding hydrogens is 192 g/mol. The van der Waals surface area contributed by atoms with Gasteiger partial charge in [0.05, 0.1) is 0 Å². The van der Waals surface area contributed by atoms with Crippen LogP contribution in [0.25, 0.3) is 0 Å². The summed E-state index contributed by atoms with van der Waals surface area (Å²) in [5.74, 6) is 0. The van der Waals surface area contributed by atoms with Crippen molar-refractivity contribution in [3.63, 3.8) is 0 Å². The molecule has 0 heterocycles. The molecule has 1 aromatic carbocycles. The Hall–Kier alpha value is -0.643. The van der Waals surface area contributed by atoms with E-state index >= 15 is 0 Å². The summed E-state index contributed by atoms with van der Waals surface area (Å²) in [5.41, 5.74) is 1.27. The van der Waals surface area contributed by atoms with Crippen molar-refractivity contribution in [2.45, 2.75) is 20.8 Å². The van der Waals surface area contributed by atoms with Gasteiger partial charge in [-0.15, -0.1) is 0 Å². The Bertz CT molecular complexity index is 252. The van der Waals surface area contributed by atoms with Crippen molar-refractivity contribution in [3.8, 4) is 0 Å². The van der Waals surface area contributed by atoms with Crippen molar-refractivity contribution in [1.29, 1.82) is 0 Å². The summed E-state index contributed by atoms with van der Waals surface area (Å²) in [7, 11) is -1.24. The molecule has 0 fully saturated rings. The molecular formula is C11H17O2Si. The standard InChI is InChI=1S/C11H17O2Si/c1-4-12-14(13-5-2)11-8-6-10(3)7-9-11/h6-9H,4-5H2,1-3H3. The minimum atomic E-state index is -1.24. The molecule has 77 valence electrons. The van der Waals surface area contributed by atoms with Gasteiger partial charge in [0, 0.05) is 13.2 Å². The minimum absolute atomic E-state index is 0.710. The van der Waals surface area contributed by atoms with E-state index in [2.05, 4.69) is 31.2 Å². The Morgan fingerprint density at radius 3 is 1.93 bits per heavy atom. The number of aryl methyl sites for hydroxylation is 1. The third kappa shape index (κ3) is 3.25. The predicted octanol–water partition coefficient (Wildman–Crippen LogP) is 1.76. The summed E-state index contributed by atoms with van der Waals surface area (Å²) < 4.78 is 11.2. The van der Waals surface area contributed by atoms with E-state index in [1.54, 1.807) is 0 Å². The number of hydrogen-bond acceptors (Lipinski definition) is 2. The van der Waals surface area contributed by atoms with Crippen molar-refractivity contribution in [2.24, 2.45) is 0 Å². The highest BCUT2D eigenvalue weighted by atomic mass is 28.3. The van der Waals surface area contributed by atoms with Gasteiger partial charge >= 0.3 is 9.28 Å². The largest absolute Gasteiger partial charge is 0.423 e. The fourth-order valence-electron chi connectivity index (χ4n) is 1.16. The van der Waals surface area contributed by atoms with Gasteiger partial charge in [-0.3, -0.25) is 0 Å². The molecule has 0 aliphatic rings. The van der Waals surface area contributed by atoms with Gasteiger partial charge in [-0.05, 0) is 26.0 Å². The molecule has 0 aliphatic carbocycles. The van der Waals surface area contributed by atoms with Crippen molar-refractivity contribution in [3.05, 3.63) is 29.8 Å². The van der Waals surface area contributed by atoms with Crippen LogP contribution >= 0.6 is 0 Å². The molecule has 14 heavy (non-hydrogen) atoms. The SMILES string of the molecule is CCO[Si](OCC)c1ccc(C)cc1. The Balaban J connectivity index is 2.71. The maximum absolute atomic E-state index is 5.59. The first-order chi connectivity index (χ1) is 6.77. The smallest absolute Gasteiger partial charge is 0.390 e. The summed E-state index contributed by atoms with van der Waals surface area (Å²) >= 11 is 0. The van der Waals surface area contributed by atoms with Crippen molar-refractivity contribution >= 4 is 14.5 Å². The summed E-state index contributed by atoms with van der Waals surface area (Å²) in [5, 5.41) is 1.18. The molecule has 0 aromatic heterocycles. The van der Waals surface area contributed by atoms with Crippen molar-refractivity contribution < 1.29 is 8.85 Å². The summed E-state index contributed by atoms with van der Waals surface area (Å²) in [6, 6.07) is 8.37. The van der Waals surface area contributed by atoms with Crippen LogP contribution in [-0.4, -0.2) is 22.5 Å². The molecule has 3 heteroatoms. The zero-order valence-corrected chi connectivity index (χ0v) is 10.0. The topological polar surface area (TPSA) is 18.5 Å². The highest BCUT2D eigenvalue weighted by molar-refractivity contribution is 6.61. The number of rotatable bonds is 5. The summed E-state index contributed by atoms with van der Waals surface area (Å²) in [6.45, 7) is 7.50. The molecule has 0 spiro atoms. The zero-order valence-electron chi connectivity index (χ0n) is 9.04. The molecule has 1 rings (SSSR count). The van der Waals surface area contributed by atoms with Crippen molar-refractivity contribution in [2.75, 3.05) is 13.2 Å². The molecule has 0 aliphatic heterocycles. The van der Waals surface area contributed by atoms with Crippen LogP contribution in [0, 0.1) is 6.92 Å². The van der Waals surface area contributed by atoms with Crippen molar-refractivity contribution in [1.82, 2.24) is 0 Å². The quantitative estimate of drug-likeness (QED) is 0.688. The third-order valence-corrected chi connectivity index (χ3v) is 3.74. The van der Waals surface area contributed by atoms with Gasteiger partial charge < -0.3 is 8.85 Å². The first kappa shape index (κ1) is 11.4. The average Bonchev–Trinajstić information content (AvgIpc) is 2.19. The molecule has 1 aromatic rings. The number of benzene rings is 1. The van der Waals surface area contributed by atoms with Gasteiger partial charge in [-0.1, -0.05) is 29.8 Å². The maximum Gasteiger partial charge on any atom is 0.423 e. The zero-order chi connectivity index (χ0) is 10.4. The van der Waals surface area contributed by atoms with Crippen LogP contribution in [0.5, 0.6) is 0 Å². The van der Waals surface area contributed by atoms with Crippen LogP contribution in [-0.2, 0) is 8.85 Å². The number of hydrogen-bond donors (Lipinski definition) is 0. The van der Waals surface area contributed by atoms with E-state index in [4.69, 9.17) is 8.85 Å². The fourth-order valence-corrected chi connectivity index (χ4v) is 2.54. The predicted molar refractivity (Wildman–Crippen MR) is 59.8 cm³/mol. The summed E-state index contributed by atoms with van der Waals surface area (Å²) in [6.07, 6.45) is 0. The molecule has 0 bridgehead atoms. The Labute approximate surface area is 87.7 Å². The van der Waals surface area contributed by atoms with Gasteiger partial charge in [0.15, 0.2) is 0 Å². The van der Waals surface area contributed by atoms with Crippen LogP contribution in [0.2, 0.25) is 0 Å². The first-order valence-corrected chi connectivity index (χ1v) is 6.29. The highest BCUT2D eigenvalue weighted by Gasteiger charge is 2.17. The molecule has 0 unspecified atom stereocenters. The monoisotopic (exact) mass is 209 g/mol. The van der Waals surface area contributed by atoms with Crippen LogP contribution in [0.15, 0.2) is 24.3 Å². The fraction of sp³-hybridized carbons (Fsp3) is 0.455. The van der Waals surface area contributed by atoms with E-state index in [0.717, 1.165) is 0 Å². The Morgan fingerprint density at radius 2 is 1.50 bits per heavy atom. The molecule has 0 atom stereocenters. The summed E-state index contributed by atoms with van der Waals surface area (Å²) in [4.78, 5) is 0. The Morgan fingerprint density at radius 1 is 1.00 bits per heavy atom. The molecule has 0 N–H and O–H groups in total. The molecule has 0 amide bonds. The van der Waals surface area contributed by atoms with E-state index in [1.807, 2.05) is 13.8 Å². The second kappa shape index (κ2) is 5.96. The van der Waals surface area contributed by atoms with Gasteiger partial charge in [-0.2, -0.15) is 0 Å². The lowest BCUT2D eigenvalue weighted by atomic mass is 10.2. The second-order valence-electron chi connectivity index (χ2n) is 3.02. The lowest BCUT2D eigenvalue weighted by molar-refractivity contribution is 0.225. The normalized spacial score (nSPS) is 10.9. The lowest BCUT2D eigenvalue weighted by Gasteiger charge is -2.13. The van der Waals surface area contributed by atoms with Gasteiger partial charge in [0.25, 0.3) is 0 Å². The van der Waals surface area contributed by atoms with Crippen LogP contribution in [0.4, 0.5) is 0 Å². The van der Waals surface area contributed by atoms with Gasteiger partial charge in [0.2, 0.25) is 0 Å². The maximum atomic E-state index is 5.59. The minimum Gasteiger partial charge on any atom is -0.390 e. The Kier molecular flexibility index (Phi) is 4.86. The second-order valence-corrected chi connectivity index (χ2v) is 4.75. The first-order valence-electron chi connectivity index (χ1n) is 4.97. The van der Waals surface area contributed by atoms with E-state index in [-0.39, 0.29) is 0 Å².